The van der Waals surface area contributed by atoms with Gasteiger partial charge >= 0.3 is 0 Å². The Kier molecular flexibility index (Phi) is 4.74. The fraction of sp³-hybridized carbons (Fsp3) is 0.619. The average Bonchev–Trinajstić information content (AvgIpc) is 2.89. The minimum absolute atomic E-state index is 0.175. The summed E-state index contributed by atoms with van der Waals surface area (Å²) in [5, 5.41) is 5.66. The van der Waals surface area contributed by atoms with Crippen molar-refractivity contribution in [1.29, 1.82) is 0 Å². The number of hydrogen-bond donors (Lipinski definition) is 2. The van der Waals surface area contributed by atoms with Crippen molar-refractivity contribution in [1.82, 2.24) is 10.2 Å². The van der Waals surface area contributed by atoms with Crippen LogP contribution in [0.15, 0.2) is 24.3 Å². The summed E-state index contributed by atoms with van der Waals surface area (Å²) in [4.78, 5) is 25.9. The summed E-state index contributed by atoms with van der Waals surface area (Å²) in [6.07, 6.45) is 6.16. The van der Waals surface area contributed by atoms with Crippen LogP contribution in [0.2, 0.25) is 0 Å². The van der Waals surface area contributed by atoms with Gasteiger partial charge in [0, 0.05) is 30.2 Å². The predicted molar refractivity (Wildman–Crippen MR) is 102 cm³/mol. The van der Waals surface area contributed by atoms with Crippen molar-refractivity contribution in [3.05, 3.63) is 29.8 Å². The van der Waals surface area contributed by atoms with Crippen molar-refractivity contribution in [3.8, 4) is 0 Å². The first kappa shape index (κ1) is 17.5. The van der Waals surface area contributed by atoms with Gasteiger partial charge in [-0.05, 0) is 69.6 Å². The van der Waals surface area contributed by atoms with Crippen LogP contribution in [-0.2, 0) is 9.59 Å². The van der Waals surface area contributed by atoms with Crippen LogP contribution in [0.3, 0.4) is 0 Å². The molecular formula is C21H29N3O2. The Morgan fingerprint density at radius 1 is 1.04 bits per heavy atom. The molecule has 2 bridgehead atoms. The van der Waals surface area contributed by atoms with E-state index in [1.807, 2.05) is 0 Å². The number of benzene rings is 1. The molecule has 2 N–H and O–H groups in total. The molecule has 4 rings (SSSR count). The first-order chi connectivity index (χ1) is 12.5. The van der Waals surface area contributed by atoms with Crippen molar-refractivity contribution >= 4 is 17.5 Å². The maximum Gasteiger partial charge on any atom is 0.249 e. The van der Waals surface area contributed by atoms with Gasteiger partial charge in [0.1, 0.15) is 6.04 Å². The van der Waals surface area contributed by atoms with Crippen LogP contribution in [-0.4, -0.2) is 40.9 Å². The van der Waals surface area contributed by atoms with Crippen molar-refractivity contribution in [3.63, 3.8) is 0 Å². The second-order valence-corrected chi connectivity index (χ2v) is 8.36. The molecule has 0 radical (unpaired) electrons. The van der Waals surface area contributed by atoms with Crippen molar-refractivity contribution in [2.45, 2.75) is 82.5 Å². The van der Waals surface area contributed by atoms with E-state index in [4.69, 9.17) is 0 Å². The van der Waals surface area contributed by atoms with E-state index in [0.29, 0.717) is 24.8 Å². The minimum atomic E-state index is -0.316. The number of anilines is 1. The molecule has 3 atom stereocenters. The zero-order valence-corrected chi connectivity index (χ0v) is 15.7. The summed E-state index contributed by atoms with van der Waals surface area (Å²) in [5.41, 5.74) is 2.37. The number of nitrogens with one attached hydrogen (secondary N) is 2. The Labute approximate surface area is 155 Å². The van der Waals surface area contributed by atoms with E-state index < -0.39 is 0 Å². The lowest BCUT2D eigenvalue weighted by molar-refractivity contribution is -0.133. The van der Waals surface area contributed by atoms with Crippen LogP contribution in [0.5, 0.6) is 0 Å². The van der Waals surface area contributed by atoms with Crippen LogP contribution >= 0.6 is 0 Å². The number of imide groups is 1. The average molecular weight is 355 g/mol. The molecule has 2 amide bonds. The molecule has 1 aromatic carbocycles. The van der Waals surface area contributed by atoms with Gasteiger partial charge in [-0.3, -0.25) is 19.8 Å². The second-order valence-electron chi connectivity index (χ2n) is 8.36. The lowest BCUT2D eigenvalue weighted by atomic mass is 9.84. The molecule has 0 aromatic heterocycles. The molecule has 3 saturated heterocycles. The second kappa shape index (κ2) is 7.03. The van der Waals surface area contributed by atoms with E-state index in [1.165, 1.54) is 31.2 Å². The van der Waals surface area contributed by atoms with E-state index in [-0.39, 0.29) is 17.9 Å². The molecule has 3 aliphatic heterocycles. The standard InChI is InChI=1S/C21H29N3O2/c1-13(2)24-17-7-8-18(24)12-15(11-17)14-3-5-16(6-4-14)22-19-9-10-20(25)23-21(19)26/h3-6,13,15,17-19,22H,7-12H2,1-2H3,(H,23,25,26). The summed E-state index contributed by atoms with van der Waals surface area (Å²) in [6.45, 7) is 4.64. The highest BCUT2D eigenvalue weighted by molar-refractivity contribution is 6.01. The smallest absolute Gasteiger partial charge is 0.249 e. The molecule has 0 aliphatic carbocycles. The van der Waals surface area contributed by atoms with Crippen LogP contribution in [0.4, 0.5) is 5.69 Å². The third kappa shape index (κ3) is 3.37. The summed E-state index contributed by atoms with van der Waals surface area (Å²) in [7, 11) is 0. The van der Waals surface area contributed by atoms with Gasteiger partial charge in [0.15, 0.2) is 0 Å². The zero-order valence-electron chi connectivity index (χ0n) is 15.7. The maximum atomic E-state index is 11.9. The number of hydrogen-bond acceptors (Lipinski definition) is 4. The Morgan fingerprint density at radius 2 is 1.69 bits per heavy atom. The van der Waals surface area contributed by atoms with E-state index >= 15 is 0 Å². The number of nitrogens with zero attached hydrogens (tertiary/aromatic N) is 1. The highest BCUT2D eigenvalue weighted by Gasteiger charge is 2.41. The first-order valence-corrected chi connectivity index (χ1v) is 9.99. The van der Waals surface area contributed by atoms with Gasteiger partial charge in [-0.25, -0.2) is 0 Å². The van der Waals surface area contributed by atoms with Gasteiger partial charge in [-0.2, -0.15) is 0 Å². The number of carbonyl (C=O) groups excluding carboxylic acids is 2. The summed E-state index contributed by atoms with van der Waals surface area (Å²) >= 11 is 0. The van der Waals surface area contributed by atoms with Crippen molar-refractivity contribution in [2.75, 3.05) is 5.32 Å². The third-order valence-electron chi connectivity index (χ3n) is 6.35. The molecule has 5 nitrogen and oxygen atoms in total. The number of rotatable bonds is 4. The Bertz CT molecular complexity index is 671. The Balaban J connectivity index is 1.39. The third-order valence-corrected chi connectivity index (χ3v) is 6.35. The van der Waals surface area contributed by atoms with Gasteiger partial charge in [0.05, 0.1) is 0 Å². The number of piperidine rings is 2. The minimum Gasteiger partial charge on any atom is -0.374 e. The number of amides is 2. The highest BCUT2D eigenvalue weighted by atomic mass is 16.2. The van der Waals surface area contributed by atoms with Gasteiger partial charge in [0.2, 0.25) is 11.8 Å². The van der Waals surface area contributed by atoms with E-state index in [2.05, 4.69) is 53.6 Å². The van der Waals surface area contributed by atoms with Crippen molar-refractivity contribution in [2.24, 2.45) is 0 Å². The molecule has 0 saturated carbocycles. The molecule has 1 aromatic rings. The van der Waals surface area contributed by atoms with Crippen LogP contribution in [0.1, 0.15) is 63.9 Å². The van der Waals surface area contributed by atoms with Crippen LogP contribution < -0.4 is 10.6 Å². The lowest BCUT2D eigenvalue weighted by Gasteiger charge is -2.41. The van der Waals surface area contributed by atoms with E-state index in [9.17, 15) is 9.59 Å². The fourth-order valence-corrected chi connectivity index (χ4v) is 5.21. The molecule has 3 aliphatic rings. The monoisotopic (exact) mass is 355 g/mol. The normalized spacial score (nSPS) is 32.0. The van der Waals surface area contributed by atoms with E-state index in [0.717, 1.165) is 17.8 Å². The molecular weight excluding hydrogens is 326 g/mol. The molecule has 3 fully saturated rings. The van der Waals surface area contributed by atoms with Gasteiger partial charge in [-0.15, -0.1) is 0 Å². The Morgan fingerprint density at radius 3 is 2.27 bits per heavy atom. The first-order valence-electron chi connectivity index (χ1n) is 9.99. The van der Waals surface area contributed by atoms with Crippen molar-refractivity contribution < 1.29 is 9.59 Å². The fourth-order valence-electron chi connectivity index (χ4n) is 5.21. The Hall–Kier alpha value is -1.88. The van der Waals surface area contributed by atoms with Gasteiger partial charge < -0.3 is 5.32 Å². The largest absolute Gasteiger partial charge is 0.374 e. The zero-order chi connectivity index (χ0) is 18.3. The summed E-state index contributed by atoms with van der Waals surface area (Å²) < 4.78 is 0. The molecule has 5 heteroatoms. The SMILES string of the molecule is CC(C)N1C2CCC1CC(c1ccc(NC3CCC(=O)NC3=O)cc1)C2. The van der Waals surface area contributed by atoms with Gasteiger partial charge in [0.25, 0.3) is 0 Å². The molecule has 3 unspecified atom stereocenters. The lowest BCUT2D eigenvalue weighted by Crippen LogP contribution is -2.47. The molecule has 26 heavy (non-hydrogen) atoms. The van der Waals surface area contributed by atoms with Crippen LogP contribution in [0, 0.1) is 0 Å². The predicted octanol–water partition coefficient (Wildman–Crippen LogP) is 3.02. The van der Waals surface area contributed by atoms with E-state index in [1.54, 1.807) is 0 Å². The summed E-state index contributed by atoms with van der Waals surface area (Å²) in [6, 6.07) is 10.4. The maximum absolute atomic E-state index is 11.9. The summed E-state index contributed by atoms with van der Waals surface area (Å²) in [5.74, 6) is 0.251. The molecule has 0 spiro atoms. The highest BCUT2D eigenvalue weighted by Crippen LogP contribution is 2.44. The quantitative estimate of drug-likeness (QED) is 0.815. The number of fused-ring (bicyclic) bond motifs is 2. The van der Waals surface area contributed by atoms with Crippen LogP contribution in [0.25, 0.3) is 0 Å². The number of carbonyl (C=O) groups is 2. The topological polar surface area (TPSA) is 61.4 Å². The molecule has 3 heterocycles. The van der Waals surface area contributed by atoms with Gasteiger partial charge in [-0.1, -0.05) is 12.1 Å². The molecule has 140 valence electrons.